The number of esters is 1. The monoisotopic (exact) mass is 448 g/mol. The van der Waals surface area contributed by atoms with E-state index in [0.29, 0.717) is 40.5 Å². The molecule has 1 atom stereocenters. The molecule has 0 bridgehead atoms. The molecule has 9 heteroatoms. The molecule has 0 spiro atoms. The average Bonchev–Trinajstić information content (AvgIpc) is 3.29. The van der Waals surface area contributed by atoms with E-state index in [9.17, 15) is 14.4 Å². The van der Waals surface area contributed by atoms with E-state index in [1.54, 1.807) is 42.9 Å². The quantitative estimate of drug-likeness (QED) is 0.352. The van der Waals surface area contributed by atoms with Crippen LogP contribution >= 0.6 is 11.8 Å². The highest BCUT2D eigenvalue weighted by Gasteiger charge is 2.31. The SMILES string of the molecule is Cc1c(-n2c(S[C@@H]3CCOC3=O)nc3ccccc3c2=O)c(=O)n(-c2ccccc2)n1C. The third-order valence-corrected chi connectivity index (χ3v) is 6.82. The summed E-state index contributed by atoms with van der Waals surface area (Å²) in [5.41, 5.74) is 1.33. The molecular weight excluding hydrogens is 428 g/mol. The van der Waals surface area contributed by atoms with Crippen LogP contribution in [0, 0.1) is 6.92 Å². The van der Waals surface area contributed by atoms with Crippen molar-refractivity contribution in [3.63, 3.8) is 0 Å². The van der Waals surface area contributed by atoms with E-state index in [4.69, 9.17) is 4.74 Å². The minimum atomic E-state index is -0.477. The summed E-state index contributed by atoms with van der Waals surface area (Å²) in [7, 11) is 1.77. The second kappa shape index (κ2) is 7.83. The van der Waals surface area contributed by atoms with Crippen LogP contribution < -0.4 is 11.1 Å². The fourth-order valence-corrected chi connectivity index (χ4v) is 4.98. The molecule has 2 aromatic carbocycles. The Labute approximate surface area is 187 Å². The first-order chi connectivity index (χ1) is 15.5. The van der Waals surface area contributed by atoms with Crippen LogP contribution in [0.5, 0.6) is 0 Å². The van der Waals surface area contributed by atoms with Gasteiger partial charge in [-0.15, -0.1) is 0 Å². The number of carbonyl (C=O) groups excluding carboxylic acids is 1. The summed E-state index contributed by atoms with van der Waals surface area (Å²) in [6.45, 7) is 2.12. The third kappa shape index (κ3) is 3.16. The van der Waals surface area contributed by atoms with Crippen LogP contribution in [0.3, 0.4) is 0 Å². The van der Waals surface area contributed by atoms with Gasteiger partial charge in [0.05, 0.1) is 28.9 Å². The van der Waals surface area contributed by atoms with Gasteiger partial charge in [0.2, 0.25) is 0 Å². The van der Waals surface area contributed by atoms with Crippen LogP contribution in [-0.2, 0) is 16.6 Å². The summed E-state index contributed by atoms with van der Waals surface area (Å²) in [6.07, 6.45) is 0.522. The maximum atomic E-state index is 13.6. The summed E-state index contributed by atoms with van der Waals surface area (Å²) in [5.74, 6) is -0.338. The van der Waals surface area contributed by atoms with E-state index in [2.05, 4.69) is 4.98 Å². The molecule has 2 aromatic heterocycles. The minimum Gasteiger partial charge on any atom is -0.465 e. The van der Waals surface area contributed by atoms with Gasteiger partial charge in [0.1, 0.15) is 10.9 Å². The third-order valence-electron chi connectivity index (χ3n) is 5.63. The maximum Gasteiger partial charge on any atom is 0.319 e. The van der Waals surface area contributed by atoms with Gasteiger partial charge in [0.15, 0.2) is 5.16 Å². The van der Waals surface area contributed by atoms with Crippen LogP contribution in [0.25, 0.3) is 22.3 Å². The Morgan fingerprint density at radius 1 is 1.00 bits per heavy atom. The van der Waals surface area contributed by atoms with E-state index in [1.807, 2.05) is 30.3 Å². The number of aromatic nitrogens is 4. The van der Waals surface area contributed by atoms with Crippen LogP contribution in [0.15, 0.2) is 69.3 Å². The maximum absolute atomic E-state index is 13.6. The van der Waals surface area contributed by atoms with Crippen molar-refractivity contribution in [2.75, 3.05) is 6.61 Å². The molecular formula is C23H20N4O4S. The first kappa shape index (κ1) is 20.3. The summed E-state index contributed by atoms with van der Waals surface area (Å²) < 4.78 is 9.66. The van der Waals surface area contributed by atoms with Crippen molar-refractivity contribution in [3.05, 3.63) is 81.0 Å². The standard InChI is InChI=1S/C23H20N4O4S/c1-14-19(21(29)27(25(14)2)15-8-4-3-5-9-15)26-20(28)16-10-6-7-11-17(16)24-23(26)32-18-12-13-31-22(18)30/h3-11,18H,12-13H2,1-2H3/t18-/m1/s1. The number of para-hydroxylation sites is 2. The van der Waals surface area contributed by atoms with E-state index in [1.165, 1.54) is 9.25 Å². The molecule has 0 radical (unpaired) electrons. The number of hydrogen-bond donors (Lipinski definition) is 0. The largest absolute Gasteiger partial charge is 0.465 e. The highest BCUT2D eigenvalue weighted by Crippen LogP contribution is 2.30. The van der Waals surface area contributed by atoms with Gasteiger partial charge in [0.25, 0.3) is 11.1 Å². The zero-order valence-electron chi connectivity index (χ0n) is 17.5. The van der Waals surface area contributed by atoms with Gasteiger partial charge in [-0.05, 0) is 31.2 Å². The number of hydrogen-bond acceptors (Lipinski definition) is 6. The molecule has 0 N–H and O–H groups in total. The molecule has 1 aliphatic heterocycles. The highest BCUT2D eigenvalue weighted by atomic mass is 32.2. The smallest absolute Gasteiger partial charge is 0.319 e. The predicted octanol–water partition coefficient (Wildman–Crippen LogP) is 2.59. The lowest BCUT2D eigenvalue weighted by atomic mass is 10.2. The number of ether oxygens (including phenoxy) is 1. The molecule has 0 aliphatic carbocycles. The first-order valence-corrected chi connectivity index (χ1v) is 11.0. The van der Waals surface area contributed by atoms with Crippen LogP contribution in [0.4, 0.5) is 0 Å². The Morgan fingerprint density at radius 3 is 2.44 bits per heavy atom. The van der Waals surface area contributed by atoms with Crippen molar-refractivity contribution in [1.82, 2.24) is 18.9 Å². The van der Waals surface area contributed by atoms with Crippen molar-refractivity contribution in [1.29, 1.82) is 0 Å². The fourth-order valence-electron chi connectivity index (χ4n) is 3.91. The topological polar surface area (TPSA) is 88.1 Å². The van der Waals surface area contributed by atoms with Crippen molar-refractivity contribution < 1.29 is 9.53 Å². The number of fused-ring (bicyclic) bond motifs is 1. The number of benzene rings is 2. The molecule has 3 heterocycles. The highest BCUT2D eigenvalue weighted by molar-refractivity contribution is 8.00. The van der Waals surface area contributed by atoms with E-state index < -0.39 is 5.25 Å². The van der Waals surface area contributed by atoms with Gasteiger partial charge in [-0.2, -0.15) is 0 Å². The van der Waals surface area contributed by atoms with Gasteiger partial charge in [-0.3, -0.25) is 19.1 Å². The van der Waals surface area contributed by atoms with Gasteiger partial charge >= 0.3 is 5.97 Å². The van der Waals surface area contributed by atoms with Crippen LogP contribution in [0.2, 0.25) is 0 Å². The Kier molecular flexibility index (Phi) is 4.97. The molecule has 0 unspecified atom stereocenters. The Hall–Kier alpha value is -3.59. The summed E-state index contributed by atoms with van der Waals surface area (Å²) >= 11 is 1.16. The molecule has 162 valence electrons. The minimum absolute atomic E-state index is 0.216. The van der Waals surface area contributed by atoms with Crippen LogP contribution in [0.1, 0.15) is 12.1 Å². The Morgan fingerprint density at radius 2 is 1.72 bits per heavy atom. The Balaban J connectivity index is 1.80. The number of nitrogens with zero attached hydrogens (tertiary/aromatic N) is 4. The molecule has 1 fully saturated rings. The average molecular weight is 449 g/mol. The molecule has 0 amide bonds. The van der Waals surface area contributed by atoms with Crippen molar-refractivity contribution >= 4 is 28.6 Å². The molecule has 0 saturated carbocycles. The van der Waals surface area contributed by atoms with Crippen molar-refractivity contribution in [2.24, 2.45) is 7.05 Å². The summed E-state index contributed by atoms with van der Waals surface area (Å²) in [4.78, 5) is 44.0. The Bertz CT molecular complexity index is 1470. The lowest BCUT2D eigenvalue weighted by molar-refractivity contribution is -0.137. The van der Waals surface area contributed by atoms with E-state index >= 15 is 0 Å². The summed E-state index contributed by atoms with van der Waals surface area (Å²) in [6, 6.07) is 16.2. The zero-order valence-corrected chi connectivity index (χ0v) is 18.3. The lowest BCUT2D eigenvalue weighted by Crippen LogP contribution is -2.29. The van der Waals surface area contributed by atoms with E-state index in [-0.39, 0.29) is 22.8 Å². The van der Waals surface area contributed by atoms with Crippen molar-refractivity contribution in [3.8, 4) is 11.4 Å². The van der Waals surface area contributed by atoms with E-state index in [0.717, 1.165) is 11.8 Å². The van der Waals surface area contributed by atoms with Gasteiger partial charge in [-0.25, -0.2) is 14.2 Å². The van der Waals surface area contributed by atoms with Gasteiger partial charge in [0, 0.05) is 13.5 Å². The molecule has 32 heavy (non-hydrogen) atoms. The van der Waals surface area contributed by atoms with Crippen molar-refractivity contribution in [2.45, 2.75) is 23.8 Å². The number of thioether (sulfide) groups is 1. The molecule has 8 nitrogen and oxygen atoms in total. The molecule has 5 rings (SSSR count). The van der Waals surface area contributed by atoms with Crippen LogP contribution in [-0.4, -0.2) is 36.7 Å². The fraction of sp³-hybridized carbons (Fsp3) is 0.217. The van der Waals surface area contributed by atoms with Gasteiger partial charge < -0.3 is 4.74 Å². The number of cyclic esters (lactones) is 1. The number of carbonyl (C=O) groups is 1. The normalized spacial score (nSPS) is 15.9. The summed E-state index contributed by atoms with van der Waals surface area (Å²) in [5, 5.41) is 0.220. The molecule has 1 saturated heterocycles. The molecule has 1 aliphatic rings. The predicted molar refractivity (Wildman–Crippen MR) is 122 cm³/mol. The number of rotatable bonds is 4. The molecule has 4 aromatic rings. The van der Waals surface area contributed by atoms with Gasteiger partial charge in [-0.1, -0.05) is 42.1 Å². The zero-order chi connectivity index (χ0) is 22.4. The second-order valence-corrected chi connectivity index (χ2v) is 8.69. The lowest BCUT2D eigenvalue weighted by Gasteiger charge is -2.13. The first-order valence-electron chi connectivity index (χ1n) is 10.2. The second-order valence-electron chi connectivity index (χ2n) is 7.52.